The third-order valence-corrected chi connectivity index (χ3v) is 6.04. The fourth-order valence-electron chi connectivity index (χ4n) is 2.39. The second-order valence-electron chi connectivity index (χ2n) is 5.45. The Morgan fingerprint density at radius 1 is 1.15 bits per heavy atom. The summed E-state index contributed by atoms with van der Waals surface area (Å²) in [7, 11) is 1.33. The molecule has 3 rings (SSSR count). The van der Waals surface area contributed by atoms with E-state index in [1.165, 1.54) is 30.4 Å². The van der Waals surface area contributed by atoms with Crippen LogP contribution in [-0.4, -0.2) is 30.7 Å². The van der Waals surface area contributed by atoms with Crippen LogP contribution in [0.25, 0.3) is 10.1 Å². The van der Waals surface area contributed by atoms with Gasteiger partial charge in [-0.25, -0.2) is 4.79 Å². The van der Waals surface area contributed by atoms with Gasteiger partial charge in [0, 0.05) is 25.3 Å². The van der Waals surface area contributed by atoms with E-state index < -0.39 is 11.9 Å². The number of hydrogen-bond acceptors (Lipinski definition) is 6. The summed E-state index contributed by atoms with van der Waals surface area (Å²) >= 11 is 14.6. The van der Waals surface area contributed by atoms with E-state index in [1.807, 2.05) is 18.2 Å². The first-order valence-electron chi connectivity index (χ1n) is 7.61. The Hall–Kier alpha value is -1.93. The number of benzene rings is 2. The van der Waals surface area contributed by atoms with E-state index in [-0.39, 0.29) is 6.54 Å². The van der Waals surface area contributed by atoms with Crippen molar-refractivity contribution < 1.29 is 19.4 Å². The minimum atomic E-state index is -0.976. The standard InChI is InChI=1S/C18H13Cl2NO4S2/c1-25-18(24)16-5-10-4-13(2-3-15(10)26-16)21(9-17(22)23)27-14-7-11(19)6-12(20)8-14/h2-8H,9H2,1H3,(H,22,23). The molecule has 0 bridgehead atoms. The molecule has 0 saturated heterocycles. The predicted octanol–water partition coefficient (Wildman–Crippen LogP) is 5.59. The van der Waals surface area contributed by atoms with E-state index in [0.29, 0.717) is 20.6 Å². The van der Waals surface area contributed by atoms with Gasteiger partial charge in [-0.3, -0.25) is 4.79 Å². The number of carbonyl (C=O) groups is 2. The van der Waals surface area contributed by atoms with Crippen LogP contribution in [0.2, 0.25) is 10.0 Å². The molecule has 0 amide bonds. The number of rotatable bonds is 6. The van der Waals surface area contributed by atoms with Crippen LogP contribution in [0.3, 0.4) is 0 Å². The average Bonchev–Trinajstić information content (AvgIpc) is 3.02. The third-order valence-electron chi connectivity index (χ3n) is 3.50. The molecule has 1 N–H and O–H groups in total. The van der Waals surface area contributed by atoms with E-state index >= 15 is 0 Å². The lowest BCUT2D eigenvalue weighted by molar-refractivity contribution is -0.135. The Balaban J connectivity index is 1.96. The van der Waals surface area contributed by atoms with Gasteiger partial charge < -0.3 is 14.1 Å². The Morgan fingerprint density at radius 2 is 1.85 bits per heavy atom. The molecular weight excluding hydrogens is 429 g/mol. The molecule has 5 nitrogen and oxygen atoms in total. The Bertz CT molecular complexity index is 1000. The molecule has 1 heterocycles. The number of methoxy groups -OCH3 is 1. The second kappa shape index (κ2) is 8.39. The van der Waals surface area contributed by atoms with E-state index in [2.05, 4.69) is 0 Å². The number of hydrogen-bond donors (Lipinski definition) is 1. The number of carboxylic acids is 1. The summed E-state index contributed by atoms with van der Waals surface area (Å²) in [6, 6.07) is 12.3. The van der Waals surface area contributed by atoms with Gasteiger partial charge >= 0.3 is 11.9 Å². The maximum Gasteiger partial charge on any atom is 0.348 e. The minimum absolute atomic E-state index is 0.228. The minimum Gasteiger partial charge on any atom is -0.480 e. The molecule has 0 aliphatic rings. The molecule has 0 fully saturated rings. The van der Waals surface area contributed by atoms with Crippen LogP contribution in [-0.2, 0) is 9.53 Å². The van der Waals surface area contributed by atoms with Gasteiger partial charge in [-0.2, -0.15) is 0 Å². The van der Waals surface area contributed by atoms with Crippen molar-refractivity contribution in [3.8, 4) is 0 Å². The first-order chi connectivity index (χ1) is 12.9. The summed E-state index contributed by atoms with van der Waals surface area (Å²) in [6.07, 6.45) is 0. The zero-order chi connectivity index (χ0) is 19.6. The van der Waals surface area contributed by atoms with Crippen LogP contribution in [0.15, 0.2) is 47.4 Å². The molecule has 0 radical (unpaired) electrons. The van der Waals surface area contributed by atoms with Crippen molar-refractivity contribution in [2.45, 2.75) is 4.90 Å². The SMILES string of the molecule is COC(=O)c1cc2cc(N(CC(=O)O)Sc3cc(Cl)cc(Cl)c3)ccc2s1. The molecule has 0 atom stereocenters. The lowest BCUT2D eigenvalue weighted by Gasteiger charge is -2.21. The largest absolute Gasteiger partial charge is 0.480 e. The highest BCUT2D eigenvalue weighted by molar-refractivity contribution is 8.00. The molecule has 1 aromatic heterocycles. The summed E-state index contributed by atoms with van der Waals surface area (Å²) in [4.78, 5) is 24.3. The number of nitrogens with zero attached hydrogens (tertiary/aromatic N) is 1. The van der Waals surface area contributed by atoms with Gasteiger partial charge in [0.05, 0.1) is 7.11 Å². The lowest BCUT2D eigenvalue weighted by Crippen LogP contribution is -2.22. The van der Waals surface area contributed by atoms with Gasteiger partial charge in [-0.05, 0) is 59.8 Å². The fourth-order valence-corrected chi connectivity index (χ4v) is 5.02. The summed E-state index contributed by atoms with van der Waals surface area (Å²) in [6.45, 7) is -0.228. The van der Waals surface area contributed by atoms with Gasteiger partial charge in [0.1, 0.15) is 11.4 Å². The summed E-state index contributed by atoms with van der Waals surface area (Å²) in [5.74, 6) is -1.38. The van der Waals surface area contributed by atoms with Crippen molar-refractivity contribution in [1.29, 1.82) is 0 Å². The Labute approximate surface area is 173 Å². The van der Waals surface area contributed by atoms with E-state index in [9.17, 15) is 14.7 Å². The van der Waals surface area contributed by atoms with Crippen LogP contribution < -0.4 is 4.31 Å². The van der Waals surface area contributed by atoms with Crippen LogP contribution in [0, 0.1) is 0 Å². The fraction of sp³-hybridized carbons (Fsp3) is 0.111. The Kier molecular flexibility index (Phi) is 6.16. The van der Waals surface area contributed by atoms with Crippen molar-refractivity contribution >= 4 is 74.2 Å². The number of aliphatic carboxylic acids is 1. The number of anilines is 1. The van der Waals surface area contributed by atoms with Gasteiger partial charge in [0.15, 0.2) is 0 Å². The molecule has 9 heteroatoms. The highest BCUT2D eigenvalue weighted by atomic mass is 35.5. The second-order valence-corrected chi connectivity index (χ2v) is 8.50. The number of thiophene rings is 1. The summed E-state index contributed by atoms with van der Waals surface area (Å²) in [5, 5.41) is 11.1. The number of esters is 1. The van der Waals surface area contributed by atoms with Crippen LogP contribution in [0.4, 0.5) is 5.69 Å². The molecule has 0 spiro atoms. The average molecular weight is 442 g/mol. The van der Waals surface area contributed by atoms with E-state index in [1.54, 1.807) is 28.6 Å². The van der Waals surface area contributed by atoms with Crippen LogP contribution >= 0.6 is 46.5 Å². The maximum absolute atomic E-state index is 11.7. The van der Waals surface area contributed by atoms with Crippen molar-refractivity contribution in [3.63, 3.8) is 0 Å². The smallest absolute Gasteiger partial charge is 0.348 e. The molecule has 140 valence electrons. The topological polar surface area (TPSA) is 66.8 Å². The van der Waals surface area contributed by atoms with Crippen LogP contribution in [0.1, 0.15) is 9.67 Å². The van der Waals surface area contributed by atoms with Crippen molar-refractivity contribution in [2.75, 3.05) is 18.0 Å². The van der Waals surface area contributed by atoms with Crippen molar-refractivity contribution in [3.05, 3.63) is 57.4 Å². The molecule has 0 unspecified atom stereocenters. The van der Waals surface area contributed by atoms with E-state index in [4.69, 9.17) is 27.9 Å². The monoisotopic (exact) mass is 441 g/mol. The lowest BCUT2D eigenvalue weighted by atomic mass is 10.2. The van der Waals surface area contributed by atoms with Gasteiger partial charge in [0.2, 0.25) is 0 Å². The molecule has 3 aromatic rings. The van der Waals surface area contributed by atoms with Gasteiger partial charge in [-0.15, -0.1) is 11.3 Å². The predicted molar refractivity (Wildman–Crippen MR) is 110 cm³/mol. The number of ether oxygens (including phenoxy) is 1. The molecule has 27 heavy (non-hydrogen) atoms. The number of carboxylic acid groups (broad SMARTS) is 1. The summed E-state index contributed by atoms with van der Waals surface area (Å²) < 4.78 is 7.28. The zero-order valence-electron chi connectivity index (χ0n) is 13.9. The highest BCUT2D eigenvalue weighted by Crippen LogP contribution is 2.35. The number of halogens is 2. The van der Waals surface area contributed by atoms with Crippen molar-refractivity contribution in [2.24, 2.45) is 0 Å². The maximum atomic E-state index is 11.7. The third kappa shape index (κ3) is 4.87. The Morgan fingerprint density at radius 3 is 2.48 bits per heavy atom. The van der Waals surface area contributed by atoms with Gasteiger partial charge in [-0.1, -0.05) is 23.2 Å². The number of fused-ring (bicyclic) bond motifs is 1. The van der Waals surface area contributed by atoms with Gasteiger partial charge in [0.25, 0.3) is 0 Å². The normalized spacial score (nSPS) is 10.8. The molecular formula is C18H13Cl2NO4S2. The first kappa shape index (κ1) is 19.8. The quantitative estimate of drug-likeness (QED) is 0.396. The van der Waals surface area contributed by atoms with Crippen LogP contribution in [0.5, 0.6) is 0 Å². The zero-order valence-corrected chi connectivity index (χ0v) is 17.1. The first-order valence-corrected chi connectivity index (χ1v) is 9.95. The highest BCUT2D eigenvalue weighted by Gasteiger charge is 2.16. The molecule has 2 aromatic carbocycles. The van der Waals surface area contributed by atoms with E-state index in [0.717, 1.165) is 15.0 Å². The molecule has 0 aliphatic heterocycles. The van der Waals surface area contributed by atoms with Crippen molar-refractivity contribution in [1.82, 2.24) is 0 Å². The molecule has 0 saturated carbocycles. The summed E-state index contributed by atoms with van der Waals surface area (Å²) in [5.41, 5.74) is 0.681. The number of carbonyl (C=O) groups excluding carboxylic acids is 1. The molecule has 0 aliphatic carbocycles.